The van der Waals surface area contributed by atoms with Crippen molar-refractivity contribution in [2.45, 2.75) is 52.4 Å². The van der Waals surface area contributed by atoms with E-state index < -0.39 is 5.60 Å². The molecule has 3 aromatic carbocycles. The molecule has 44 heavy (non-hydrogen) atoms. The van der Waals surface area contributed by atoms with Crippen LogP contribution in [0.1, 0.15) is 44.7 Å². The van der Waals surface area contributed by atoms with Gasteiger partial charge in [-0.25, -0.2) is 4.79 Å². The number of anilines is 1. The van der Waals surface area contributed by atoms with Crippen LogP contribution in [0.25, 0.3) is 11.1 Å². The van der Waals surface area contributed by atoms with Gasteiger partial charge in [0.1, 0.15) is 18.8 Å². The first kappa shape index (κ1) is 29.5. The summed E-state index contributed by atoms with van der Waals surface area (Å²) in [6.45, 7) is 10.1. The molecule has 0 unspecified atom stereocenters. The number of nitrogens with zero attached hydrogens (tertiary/aromatic N) is 3. The van der Waals surface area contributed by atoms with Crippen molar-refractivity contribution in [1.82, 2.24) is 9.88 Å². The Bertz CT molecular complexity index is 1540. The summed E-state index contributed by atoms with van der Waals surface area (Å²) in [5.74, 6) is 1.08. The lowest BCUT2D eigenvalue weighted by atomic mass is 9.72. The van der Waals surface area contributed by atoms with Gasteiger partial charge in [-0.3, -0.25) is 0 Å². The smallest absolute Gasteiger partial charge is 0.410 e. The Kier molecular flexibility index (Phi) is 8.47. The second-order valence-corrected chi connectivity index (χ2v) is 12.9. The van der Waals surface area contributed by atoms with E-state index in [0.29, 0.717) is 25.0 Å². The van der Waals surface area contributed by atoms with Gasteiger partial charge in [-0.15, -0.1) is 0 Å². The van der Waals surface area contributed by atoms with Gasteiger partial charge < -0.3 is 24.0 Å². The van der Waals surface area contributed by atoms with Gasteiger partial charge in [0.05, 0.1) is 0 Å². The Hall–Kier alpha value is -4.52. The van der Waals surface area contributed by atoms with Gasteiger partial charge in [-0.2, -0.15) is 4.98 Å². The molecular formula is C37H41N3O4. The lowest BCUT2D eigenvalue weighted by molar-refractivity contribution is -0.0434. The summed E-state index contributed by atoms with van der Waals surface area (Å²) >= 11 is 0. The maximum absolute atomic E-state index is 12.4. The van der Waals surface area contributed by atoms with Crippen molar-refractivity contribution >= 4 is 11.8 Å². The fourth-order valence-electron chi connectivity index (χ4n) is 5.92. The number of hydrogen-bond donors (Lipinski definition) is 0. The Morgan fingerprint density at radius 3 is 1.95 bits per heavy atom. The summed E-state index contributed by atoms with van der Waals surface area (Å²) in [7, 11) is 0. The minimum absolute atomic E-state index is 0.196. The minimum Gasteiger partial charge on any atom is -0.473 e. The predicted octanol–water partition coefficient (Wildman–Crippen LogP) is 7.74. The molecule has 228 valence electrons. The van der Waals surface area contributed by atoms with Gasteiger partial charge in [0.25, 0.3) is 0 Å². The Morgan fingerprint density at radius 2 is 1.36 bits per heavy atom. The Labute approximate surface area is 260 Å². The predicted molar refractivity (Wildman–Crippen MR) is 173 cm³/mol. The topological polar surface area (TPSA) is 64.1 Å². The fraction of sp³-hybridized carbons (Fsp3) is 0.351. The number of pyridine rings is 1. The summed E-state index contributed by atoms with van der Waals surface area (Å²) in [4.78, 5) is 21.5. The zero-order chi connectivity index (χ0) is 30.6. The van der Waals surface area contributed by atoms with Crippen LogP contribution in [0.15, 0.2) is 97.1 Å². The van der Waals surface area contributed by atoms with Crippen LogP contribution < -0.4 is 14.4 Å². The van der Waals surface area contributed by atoms with Crippen molar-refractivity contribution in [2.24, 2.45) is 5.41 Å². The average Bonchev–Trinajstić information content (AvgIpc) is 3.02. The van der Waals surface area contributed by atoms with E-state index in [9.17, 15) is 4.79 Å². The summed E-state index contributed by atoms with van der Waals surface area (Å²) in [5, 5.41) is 0. The number of likely N-dealkylation sites (tertiary alicyclic amines) is 1. The van der Waals surface area contributed by atoms with E-state index >= 15 is 0 Å². The van der Waals surface area contributed by atoms with Gasteiger partial charge in [-0.1, -0.05) is 72.8 Å². The van der Waals surface area contributed by atoms with Gasteiger partial charge in [0.2, 0.25) is 11.8 Å². The molecule has 2 saturated heterocycles. The summed E-state index contributed by atoms with van der Waals surface area (Å²) < 4.78 is 17.8. The first-order valence-corrected chi connectivity index (χ1v) is 15.4. The van der Waals surface area contributed by atoms with Crippen LogP contribution in [-0.2, 0) is 18.0 Å². The third kappa shape index (κ3) is 7.16. The van der Waals surface area contributed by atoms with E-state index in [0.717, 1.165) is 61.3 Å². The zero-order valence-corrected chi connectivity index (χ0v) is 25.9. The van der Waals surface area contributed by atoms with E-state index in [1.165, 1.54) is 5.69 Å². The van der Waals surface area contributed by atoms with E-state index in [1.807, 2.05) is 98.5 Å². The fourth-order valence-corrected chi connectivity index (χ4v) is 5.92. The molecule has 2 fully saturated rings. The van der Waals surface area contributed by atoms with Crippen LogP contribution >= 0.6 is 0 Å². The highest BCUT2D eigenvalue weighted by Gasteiger charge is 2.47. The van der Waals surface area contributed by atoms with Crippen molar-refractivity contribution in [2.75, 3.05) is 31.1 Å². The minimum atomic E-state index is -0.460. The molecule has 1 spiro atoms. The van der Waals surface area contributed by atoms with Crippen molar-refractivity contribution < 1.29 is 19.0 Å². The van der Waals surface area contributed by atoms with Crippen molar-refractivity contribution in [3.63, 3.8) is 0 Å². The molecule has 2 aliphatic rings. The van der Waals surface area contributed by atoms with Crippen LogP contribution in [0.5, 0.6) is 11.8 Å². The Balaban J connectivity index is 1.11. The van der Waals surface area contributed by atoms with Crippen molar-refractivity contribution in [3.8, 4) is 22.9 Å². The number of benzene rings is 3. The van der Waals surface area contributed by atoms with Crippen LogP contribution in [0, 0.1) is 5.41 Å². The number of hydrogen-bond acceptors (Lipinski definition) is 6. The number of amides is 1. The maximum Gasteiger partial charge on any atom is 0.410 e. The molecular weight excluding hydrogens is 550 g/mol. The van der Waals surface area contributed by atoms with Crippen molar-refractivity contribution in [3.05, 3.63) is 108 Å². The second kappa shape index (κ2) is 12.6. The molecule has 0 saturated carbocycles. The van der Waals surface area contributed by atoms with E-state index in [-0.39, 0.29) is 11.5 Å². The molecule has 0 radical (unpaired) electrons. The third-order valence-electron chi connectivity index (χ3n) is 8.35. The van der Waals surface area contributed by atoms with Crippen LogP contribution in [0.4, 0.5) is 10.5 Å². The van der Waals surface area contributed by atoms with Crippen molar-refractivity contribution in [1.29, 1.82) is 0 Å². The molecule has 0 atom stereocenters. The molecule has 7 nitrogen and oxygen atoms in total. The SMILES string of the molecule is CC(C)(C)OC(=O)N1CC2(CCN(c3ccc(-c4ccc(OCc5ccccc5)nc4OCc4ccccc4)cc3)CC2)C1. The first-order chi connectivity index (χ1) is 21.3. The van der Waals surface area contributed by atoms with Crippen LogP contribution in [0.2, 0.25) is 0 Å². The average molecular weight is 592 g/mol. The lowest BCUT2D eigenvalue weighted by Gasteiger charge is -2.54. The number of carbonyl (C=O) groups excluding carboxylic acids is 1. The summed E-state index contributed by atoms with van der Waals surface area (Å²) in [6.07, 6.45) is 1.94. The molecule has 1 aromatic heterocycles. The number of aromatic nitrogens is 1. The molecule has 0 bridgehead atoms. The first-order valence-electron chi connectivity index (χ1n) is 15.4. The van der Waals surface area contributed by atoms with E-state index in [4.69, 9.17) is 19.2 Å². The maximum atomic E-state index is 12.4. The standard InChI is InChI=1S/C37H41N3O4/c1-36(2,3)44-35(41)40-26-37(27-40)20-22-39(23-21-37)31-16-14-30(15-17-31)32-18-19-33(42-24-28-10-6-4-7-11-28)38-34(32)43-25-29-12-8-5-9-13-29/h4-19H,20-27H2,1-3H3. The zero-order valence-electron chi connectivity index (χ0n) is 25.9. The van der Waals surface area contributed by atoms with E-state index in [1.54, 1.807) is 0 Å². The molecule has 0 N–H and O–H groups in total. The molecule has 2 aliphatic heterocycles. The second-order valence-electron chi connectivity index (χ2n) is 12.9. The van der Waals surface area contributed by atoms with Crippen LogP contribution in [0.3, 0.4) is 0 Å². The van der Waals surface area contributed by atoms with Crippen LogP contribution in [-0.4, -0.2) is 47.8 Å². The summed E-state index contributed by atoms with van der Waals surface area (Å²) in [5.41, 5.74) is 5.09. The lowest BCUT2D eigenvalue weighted by Crippen LogP contribution is -2.62. The Morgan fingerprint density at radius 1 is 0.773 bits per heavy atom. The normalized spacial score (nSPS) is 15.9. The summed E-state index contributed by atoms with van der Waals surface area (Å²) in [6, 6.07) is 32.8. The van der Waals surface area contributed by atoms with Gasteiger partial charge >= 0.3 is 6.09 Å². The monoisotopic (exact) mass is 591 g/mol. The van der Waals surface area contributed by atoms with E-state index in [2.05, 4.69) is 29.2 Å². The quantitative estimate of drug-likeness (QED) is 0.209. The number of carbonyl (C=O) groups is 1. The van der Waals surface area contributed by atoms with Gasteiger partial charge in [-0.05, 0) is 68.5 Å². The number of piperidine rings is 1. The number of ether oxygens (including phenoxy) is 3. The van der Waals surface area contributed by atoms with Gasteiger partial charge in [0.15, 0.2) is 0 Å². The number of rotatable bonds is 8. The molecule has 0 aliphatic carbocycles. The molecule has 3 heterocycles. The molecule has 7 heteroatoms. The van der Waals surface area contributed by atoms with Gasteiger partial charge in [0, 0.05) is 48.9 Å². The molecule has 4 aromatic rings. The third-order valence-corrected chi connectivity index (χ3v) is 8.35. The highest BCUT2D eigenvalue weighted by atomic mass is 16.6. The molecule has 6 rings (SSSR count). The highest BCUT2D eigenvalue weighted by molar-refractivity contribution is 5.71. The largest absolute Gasteiger partial charge is 0.473 e. The molecule has 1 amide bonds. The highest BCUT2D eigenvalue weighted by Crippen LogP contribution is 2.42.